The first-order valence-corrected chi connectivity index (χ1v) is 9.86. The Balaban J connectivity index is 2.20. The van der Waals surface area contributed by atoms with Crippen molar-refractivity contribution in [1.29, 1.82) is 0 Å². The minimum Gasteiger partial charge on any atom is -0.493 e. The third kappa shape index (κ3) is 5.79. The topological polar surface area (TPSA) is 85.5 Å². The smallest absolute Gasteiger partial charge is 0.285 e. The number of halogens is 1. The Morgan fingerprint density at radius 2 is 2.07 bits per heavy atom. The first-order chi connectivity index (χ1) is 13.5. The first-order valence-electron chi connectivity index (χ1n) is 9.48. The molecule has 1 heterocycles. The van der Waals surface area contributed by atoms with Crippen LogP contribution in [0.5, 0.6) is 17.4 Å². The van der Waals surface area contributed by atoms with Gasteiger partial charge in [0.1, 0.15) is 10.7 Å². The van der Waals surface area contributed by atoms with Gasteiger partial charge in [0.2, 0.25) is 0 Å². The van der Waals surface area contributed by atoms with Crippen molar-refractivity contribution in [2.24, 2.45) is 0 Å². The van der Waals surface area contributed by atoms with Crippen LogP contribution < -0.4 is 25.1 Å². The van der Waals surface area contributed by atoms with E-state index in [0.717, 1.165) is 24.8 Å². The van der Waals surface area contributed by atoms with Gasteiger partial charge in [0.15, 0.2) is 11.5 Å². The van der Waals surface area contributed by atoms with E-state index < -0.39 is 5.56 Å². The molecule has 0 fully saturated rings. The maximum atomic E-state index is 11.9. The van der Waals surface area contributed by atoms with Crippen LogP contribution in [-0.4, -0.2) is 30.0 Å². The van der Waals surface area contributed by atoms with Crippen LogP contribution in [0, 0.1) is 0 Å². The van der Waals surface area contributed by atoms with Crippen molar-refractivity contribution >= 4 is 17.3 Å². The molecule has 1 unspecified atom stereocenters. The summed E-state index contributed by atoms with van der Waals surface area (Å²) < 4.78 is 17.0. The molecule has 2 N–H and O–H groups in total. The summed E-state index contributed by atoms with van der Waals surface area (Å²) in [5.41, 5.74) is 0.840. The fraction of sp³-hybridized carbons (Fsp3) is 0.500. The van der Waals surface area contributed by atoms with E-state index in [9.17, 15) is 4.79 Å². The van der Waals surface area contributed by atoms with E-state index in [1.165, 1.54) is 0 Å². The van der Waals surface area contributed by atoms with E-state index in [1.807, 2.05) is 32.0 Å². The Morgan fingerprint density at radius 1 is 1.29 bits per heavy atom. The predicted molar refractivity (Wildman–Crippen MR) is 111 cm³/mol. The number of anilines is 1. The number of aromatic nitrogens is 2. The molecule has 1 aromatic carbocycles. The molecule has 0 aliphatic heterocycles. The highest BCUT2D eigenvalue weighted by atomic mass is 35.5. The van der Waals surface area contributed by atoms with Crippen LogP contribution in [0.4, 0.5) is 5.69 Å². The second-order valence-electron chi connectivity index (χ2n) is 6.42. The van der Waals surface area contributed by atoms with Crippen LogP contribution in [-0.2, 0) is 6.54 Å². The summed E-state index contributed by atoms with van der Waals surface area (Å²) >= 11 is 6.18. The normalized spacial score (nSPS) is 11.8. The minimum atomic E-state index is -0.473. The maximum absolute atomic E-state index is 11.9. The van der Waals surface area contributed by atoms with Gasteiger partial charge in [-0.1, -0.05) is 37.9 Å². The van der Waals surface area contributed by atoms with E-state index in [-0.39, 0.29) is 17.0 Å². The Labute approximate surface area is 170 Å². The number of benzene rings is 1. The van der Waals surface area contributed by atoms with E-state index >= 15 is 0 Å². The van der Waals surface area contributed by atoms with Gasteiger partial charge in [0, 0.05) is 6.54 Å². The molecule has 2 rings (SSSR count). The third-order valence-electron chi connectivity index (χ3n) is 4.23. The Kier molecular flexibility index (Phi) is 8.44. The van der Waals surface area contributed by atoms with Gasteiger partial charge in [-0.25, -0.2) is 5.10 Å². The number of unbranched alkanes of at least 4 members (excludes halogenated alkanes) is 1. The monoisotopic (exact) mass is 409 g/mol. The number of methoxy groups -OCH3 is 1. The zero-order valence-electron chi connectivity index (χ0n) is 16.8. The summed E-state index contributed by atoms with van der Waals surface area (Å²) in [5, 5.41) is 9.51. The number of ether oxygens (including phenoxy) is 3. The molecule has 0 saturated heterocycles. The quantitative estimate of drug-likeness (QED) is 0.535. The second kappa shape index (κ2) is 10.8. The summed E-state index contributed by atoms with van der Waals surface area (Å²) in [6.07, 6.45) is 2.76. The molecule has 8 heteroatoms. The molecule has 0 spiro atoms. The van der Waals surface area contributed by atoms with Gasteiger partial charge in [0.05, 0.1) is 19.8 Å². The third-order valence-corrected chi connectivity index (χ3v) is 4.59. The first kappa shape index (κ1) is 21.9. The molecular formula is C20H28ClN3O4. The van der Waals surface area contributed by atoms with Gasteiger partial charge in [0.25, 0.3) is 11.4 Å². The van der Waals surface area contributed by atoms with Crippen LogP contribution >= 0.6 is 11.6 Å². The van der Waals surface area contributed by atoms with Crippen LogP contribution in [0.2, 0.25) is 5.02 Å². The van der Waals surface area contributed by atoms with Gasteiger partial charge in [-0.2, -0.15) is 0 Å². The van der Waals surface area contributed by atoms with Gasteiger partial charge in [-0.3, -0.25) is 4.79 Å². The van der Waals surface area contributed by atoms with Crippen molar-refractivity contribution in [2.75, 3.05) is 19.0 Å². The molecule has 28 heavy (non-hydrogen) atoms. The molecule has 154 valence electrons. The molecule has 0 amide bonds. The molecule has 1 atom stereocenters. The highest BCUT2D eigenvalue weighted by Crippen LogP contribution is 2.31. The van der Waals surface area contributed by atoms with Crippen molar-refractivity contribution in [3.63, 3.8) is 0 Å². The summed E-state index contributed by atoms with van der Waals surface area (Å²) in [6.45, 7) is 7.08. The largest absolute Gasteiger partial charge is 0.493 e. The standard InChI is InChI=1S/C20H28ClN3O4/c1-5-7-10-27-16-11-14(8-9-15(16)26-4)12-22-18-17(21)19(25)23-24-20(18)28-13(3)6-2/h8-9,11,13H,5-7,10,12H2,1-4H3,(H2,22,23,25). The molecule has 0 aliphatic rings. The lowest BCUT2D eigenvalue weighted by molar-refractivity contribution is 0.207. The Hall–Kier alpha value is -2.41. The van der Waals surface area contributed by atoms with Gasteiger partial charge in [-0.05, 0) is 37.5 Å². The van der Waals surface area contributed by atoms with Crippen LogP contribution in [0.1, 0.15) is 45.6 Å². The molecule has 0 radical (unpaired) electrons. The maximum Gasteiger partial charge on any atom is 0.285 e. The van der Waals surface area contributed by atoms with E-state index in [1.54, 1.807) is 7.11 Å². The zero-order chi connectivity index (χ0) is 20.5. The SMILES string of the molecule is CCCCOc1cc(CNc2c(OC(C)CC)n[nH]c(=O)c2Cl)ccc1OC. The summed E-state index contributed by atoms with van der Waals surface area (Å²) in [5.74, 6) is 1.63. The minimum absolute atomic E-state index is 0.0150. The van der Waals surface area contributed by atoms with E-state index in [2.05, 4.69) is 22.4 Å². The van der Waals surface area contributed by atoms with Crippen LogP contribution in [0.25, 0.3) is 0 Å². The summed E-state index contributed by atoms with van der Waals surface area (Å²) in [6, 6.07) is 5.68. The molecule has 7 nitrogen and oxygen atoms in total. The summed E-state index contributed by atoms with van der Waals surface area (Å²) in [7, 11) is 1.61. The van der Waals surface area contributed by atoms with Crippen molar-refractivity contribution in [2.45, 2.75) is 52.7 Å². The molecule has 1 aromatic heterocycles. The molecule has 0 bridgehead atoms. The van der Waals surface area contributed by atoms with Crippen LogP contribution in [0.15, 0.2) is 23.0 Å². The average molecular weight is 410 g/mol. The van der Waals surface area contributed by atoms with Crippen molar-refractivity contribution in [1.82, 2.24) is 10.2 Å². The fourth-order valence-electron chi connectivity index (χ4n) is 2.39. The predicted octanol–water partition coefficient (Wildman–Crippen LogP) is 4.40. The fourth-order valence-corrected chi connectivity index (χ4v) is 2.58. The van der Waals surface area contributed by atoms with Gasteiger partial charge < -0.3 is 19.5 Å². The highest BCUT2D eigenvalue weighted by molar-refractivity contribution is 6.33. The molecule has 0 saturated carbocycles. The summed E-state index contributed by atoms with van der Waals surface area (Å²) in [4.78, 5) is 11.9. The lowest BCUT2D eigenvalue weighted by Crippen LogP contribution is -2.18. The lowest BCUT2D eigenvalue weighted by Gasteiger charge is -2.17. The number of hydrogen-bond donors (Lipinski definition) is 2. The Morgan fingerprint density at radius 3 is 2.75 bits per heavy atom. The molecule has 0 aliphatic carbocycles. The van der Waals surface area contributed by atoms with E-state index in [4.69, 9.17) is 25.8 Å². The van der Waals surface area contributed by atoms with Crippen molar-refractivity contribution in [3.05, 3.63) is 39.1 Å². The molecule has 2 aromatic rings. The number of aromatic amines is 1. The molecular weight excluding hydrogens is 382 g/mol. The number of nitrogens with one attached hydrogen (secondary N) is 2. The zero-order valence-corrected chi connectivity index (χ0v) is 17.6. The average Bonchev–Trinajstić information content (AvgIpc) is 2.70. The Bertz CT molecular complexity index is 826. The highest BCUT2D eigenvalue weighted by Gasteiger charge is 2.16. The van der Waals surface area contributed by atoms with Crippen LogP contribution in [0.3, 0.4) is 0 Å². The van der Waals surface area contributed by atoms with Gasteiger partial charge in [-0.15, -0.1) is 5.10 Å². The van der Waals surface area contributed by atoms with Gasteiger partial charge >= 0.3 is 0 Å². The van der Waals surface area contributed by atoms with Crippen molar-refractivity contribution < 1.29 is 14.2 Å². The number of hydrogen-bond acceptors (Lipinski definition) is 6. The van der Waals surface area contributed by atoms with Crippen molar-refractivity contribution in [3.8, 4) is 17.4 Å². The number of H-pyrrole nitrogens is 1. The second-order valence-corrected chi connectivity index (χ2v) is 6.80. The lowest BCUT2D eigenvalue weighted by atomic mass is 10.2. The number of rotatable bonds is 11. The van der Waals surface area contributed by atoms with E-state index in [0.29, 0.717) is 30.3 Å². The number of nitrogens with zero attached hydrogens (tertiary/aromatic N) is 1.